The highest BCUT2D eigenvalue weighted by Crippen LogP contribution is 2.32. The number of fused-ring (bicyclic) bond motifs is 1. The fourth-order valence-corrected chi connectivity index (χ4v) is 3.03. The molecule has 0 saturated carbocycles. The Labute approximate surface area is 164 Å². The van der Waals surface area contributed by atoms with Crippen molar-refractivity contribution in [3.63, 3.8) is 0 Å². The van der Waals surface area contributed by atoms with E-state index >= 15 is 0 Å². The molecule has 0 bridgehead atoms. The van der Waals surface area contributed by atoms with Gasteiger partial charge in [0.1, 0.15) is 17.2 Å². The van der Waals surface area contributed by atoms with Gasteiger partial charge in [0.05, 0.1) is 35.4 Å². The molecule has 0 unspecified atom stereocenters. The summed E-state index contributed by atoms with van der Waals surface area (Å²) in [4.78, 5) is 8.50. The lowest BCUT2D eigenvalue weighted by atomic mass is 9.97. The number of benzene rings is 2. The zero-order valence-corrected chi connectivity index (χ0v) is 15.6. The third kappa shape index (κ3) is 3.22. The van der Waals surface area contributed by atoms with Gasteiger partial charge in [-0.05, 0) is 44.2 Å². The van der Waals surface area contributed by atoms with E-state index < -0.39 is 17.2 Å². The van der Waals surface area contributed by atoms with Gasteiger partial charge < -0.3 is 5.11 Å². The van der Waals surface area contributed by atoms with Crippen LogP contribution in [0.2, 0.25) is 0 Å². The fraction of sp³-hybridized carbons (Fsp3) is 0.143. The van der Waals surface area contributed by atoms with Gasteiger partial charge in [0.15, 0.2) is 0 Å². The Bertz CT molecular complexity index is 1280. The summed E-state index contributed by atoms with van der Waals surface area (Å²) in [6.07, 6.45) is 2.93. The highest BCUT2D eigenvalue weighted by atomic mass is 19.1. The molecule has 0 amide bonds. The van der Waals surface area contributed by atoms with Crippen molar-refractivity contribution < 1.29 is 13.9 Å². The first kappa shape index (κ1) is 18.7. The van der Waals surface area contributed by atoms with E-state index in [0.717, 1.165) is 0 Å². The SMILES string of the molecule is CC(C)(O)c1cnn2c(-c3ccc(F)c(-c4c(F)cccc4C#N)c3)cnc2n1. The second kappa shape index (κ2) is 6.72. The van der Waals surface area contributed by atoms with Crippen LogP contribution in [0.4, 0.5) is 8.78 Å². The average molecular weight is 391 g/mol. The summed E-state index contributed by atoms with van der Waals surface area (Å²) in [7, 11) is 0. The number of rotatable bonds is 3. The second-order valence-corrected chi connectivity index (χ2v) is 7.02. The highest BCUT2D eigenvalue weighted by molar-refractivity contribution is 5.76. The Hall–Kier alpha value is -3.70. The van der Waals surface area contributed by atoms with Crippen LogP contribution in [-0.2, 0) is 5.60 Å². The van der Waals surface area contributed by atoms with Crippen molar-refractivity contribution in [3.05, 3.63) is 71.7 Å². The van der Waals surface area contributed by atoms with Gasteiger partial charge in [-0.15, -0.1) is 0 Å². The van der Waals surface area contributed by atoms with Gasteiger partial charge in [-0.25, -0.2) is 18.7 Å². The van der Waals surface area contributed by atoms with E-state index in [1.165, 1.54) is 53.3 Å². The summed E-state index contributed by atoms with van der Waals surface area (Å²) in [5.74, 6) is -1.08. The lowest BCUT2D eigenvalue weighted by Gasteiger charge is -2.15. The quantitative estimate of drug-likeness (QED) is 0.573. The largest absolute Gasteiger partial charge is 0.384 e. The molecule has 0 atom stereocenters. The van der Waals surface area contributed by atoms with Gasteiger partial charge in [0.2, 0.25) is 0 Å². The number of halogens is 2. The van der Waals surface area contributed by atoms with E-state index in [-0.39, 0.29) is 22.5 Å². The predicted molar refractivity (Wildman–Crippen MR) is 102 cm³/mol. The van der Waals surface area contributed by atoms with Crippen LogP contribution in [0, 0.1) is 23.0 Å². The molecule has 0 spiro atoms. The molecule has 1 N–H and O–H groups in total. The molecular weight excluding hydrogens is 376 g/mol. The topological polar surface area (TPSA) is 87.1 Å². The standard InChI is InChI=1S/C21H15F2N5O/c1-21(2,29)18-11-26-28-17(10-25-20(28)27-18)12-6-7-15(22)14(8-12)19-13(9-24)4-3-5-16(19)23/h3-8,10-11,29H,1-2H3. The molecule has 0 aliphatic heterocycles. The number of hydrogen-bond donors (Lipinski definition) is 1. The lowest BCUT2D eigenvalue weighted by Crippen LogP contribution is -2.19. The van der Waals surface area contributed by atoms with Crippen molar-refractivity contribution in [1.29, 1.82) is 5.26 Å². The zero-order chi connectivity index (χ0) is 20.8. The number of imidazole rings is 1. The fourth-order valence-electron chi connectivity index (χ4n) is 3.03. The summed E-state index contributed by atoms with van der Waals surface area (Å²) in [6.45, 7) is 3.18. The number of hydrogen-bond acceptors (Lipinski definition) is 5. The summed E-state index contributed by atoms with van der Waals surface area (Å²) >= 11 is 0. The Morgan fingerprint density at radius 1 is 1.10 bits per heavy atom. The van der Waals surface area contributed by atoms with Crippen LogP contribution in [0.15, 0.2) is 48.8 Å². The van der Waals surface area contributed by atoms with Crippen LogP contribution in [-0.4, -0.2) is 24.7 Å². The monoisotopic (exact) mass is 391 g/mol. The van der Waals surface area contributed by atoms with Crippen molar-refractivity contribution in [2.24, 2.45) is 0 Å². The van der Waals surface area contributed by atoms with Crippen molar-refractivity contribution in [2.45, 2.75) is 19.4 Å². The lowest BCUT2D eigenvalue weighted by molar-refractivity contribution is 0.0734. The van der Waals surface area contributed by atoms with E-state index in [4.69, 9.17) is 0 Å². The summed E-state index contributed by atoms with van der Waals surface area (Å²) in [5.41, 5.74) is 0.104. The molecule has 144 valence electrons. The molecule has 0 fully saturated rings. The highest BCUT2D eigenvalue weighted by Gasteiger charge is 2.21. The van der Waals surface area contributed by atoms with Crippen LogP contribution >= 0.6 is 0 Å². The Kier molecular flexibility index (Phi) is 4.32. The van der Waals surface area contributed by atoms with E-state index in [0.29, 0.717) is 17.0 Å². The smallest absolute Gasteiger partial charge is 0.251 e. The minimum atomic E-state index is -1.18. The first-order valence-electron chi connectivity index (χ1n) is 8.72. The molecule has 2 aromatic heterocycles. The molecule has 8 heteroatoms. The third-order valence-electron chi connectivity index (χ3n) is 4.53. The molecule has 4 aromatic rings. The van der Waals surface area contributed by atoms with Gasteiger partial charge >= 0.3 is 0 Å². The molecule has 0 saturated heterocycles. The van der Waals surface area contributed by atoms with Gasteiger partial charge in [-0.2, -0.15) is 14.9 Å². The Balaban J connectivity index is 1.89. The Morgan fingerprint density at radius 2 is 1.90 bits per heavy atom. The van der Waals surface area contributed by atoms with Gasteiger partial charge in [0, 0.05) is 16.7 Å². The van der Waals surface area contributed by atoms with Crippen LogP contribution in [0.3, 0.4) is 0 Å². The van der Waals surface area contributed by atoms with Crippen LogP contribution in [0.25, 0.3) is 28.2 Å². The van der Waals surface area contributed by atoms with Crippen molar-refractivity contribution in [1.82, 2.24) is 19.6 Å². The molecule has 4 rings (SSSR count). The maximum atomic E-state index is 14.5. The number of aromatic nitrogens is 4. The van der Waals surface area contributed by atoms with E-state index in [1.54, 1.807) is 13.8 Å². The molecule has 2 aromatic carbocycles. The zero-order valence-electron chi connectivity index (χ0n) is 15.6. The van der Waals surface area contributed by atoms with Crippen LogP contribution in [0.5, 0.6) is 0 Å². The first-order valence-corrected chi connectivity index (χ1v) is 8.72. The summed E-state index contributed by atoms with van der Waals surface area (Å²) < 4.78 is 30.4. The average Bonchev–Trinajstić information content (AvgIpc) is 3.11. The Morgan fingerprint density at radius 3 is 2.62 bits per heavy atom. The number of nitrogens with zero attached hydrogens (tertiary/aromatic N) is 5. The van der Waals surface area contributed by atoms with Gasteiger partial charge in [-0.1, -0.05) is 6.07 Å². The maximum absolute atomic E-state index is 14.5. The first-order chi connectivity index (χ1) is 13.8. The van der Waals surface area contributed by atoms with E-state index in [9.17, 15) is 19.1 Å². The molecule has 2 heterocycles. The predicted octanol–water partition coefficient (Wildman–Crippen LogP) is 3.84. The number of aliphatic hydroxyl groups is 1. The maximum Gasteiger partial charge on any atom is 0.251 e. The van der Waals surface area contributed by atoms with Crippen molar-refractivity contribution >= 4 is 5.78 Å². The van der Waals surface area contributed by atoms with Crippen LogP contribution in [0.1, 0.15) is 25.1 Å². The molecular formula is C21H15F2N5O. The summed E-state index contributed by atoms with van der Waals surface area (Å²) in [6, 6.07) is 10.1. The molecule has 6 nitrogen and oxygen atoms in total. The molecule has 0 aliphatic rings. The molecule has 0 aliphatic carbocycles. The third-order valence-corrected chi connectivity index (χ3v) is 4.53. The molecule has 29 heavy (non-hydrogen) atoms. The minimum Gasteiger partial charge on any atom is -0.384 e. The van der Waals surface area contributed by atoms with Crippen LogP contribution < -0.4 is 0 Å². The van der Waals surface area contributed by atoms with Gasteiger partial charge in [0.25, 0.3) is 5.78 Å². The summed E-state index contributed by atoms with van der Waals surface area (Å²) in [5, 5.41) is 23.7. The second-order valence-electron chi connectivity index (χ2n) is 7.02. The van der Waals surface area contributed by atoms with Gasteiger partial charge in [-0.3, -0.25) is 0 Å². The van der Waals surface area contributed by atoms with Crippen molar-refractivity contribution in [3.8, 4) is 28.5 Å². The van der Waals surface area contributed by atoms with E-state index in [2.05, 4.69) is 15.1 Å². The minimum absolute atomic E-state index is 0.0341. The molecule has 0 radical (unpaired) electrons. The number of nitriles is 1. The van der Waals surface area contributed by atoms with E-state index in [1.807, 2.05) is 6.07 Å². The normalized spacial score (nSPS) is 11.6. The van der Waals surface area contributed by atoms with Crippen molar-refractivity contribution in [2.75, 3.05) is 0 Å².